The van der Waals surface area contributed by atoms with Crippen LogP contribution in [0.1, 0.15) is 46.6 Å². The van der Waals surface area contributed by atoms with Crippen molar-refractivity contribution < 1.29 is 9.47 Å². The van der Waals surface area contributed by atoms with Crippen LogP contribution in [-0.2, 0) is 10.2 Å². The van der Waals surface area contributed by atoms with Crippen molar-refractivity contribution in [2.45, 2.75) is 63.6 Å². The molecule has 2 rings (SSSR count). The SMILES string of the molecule is BC(P)(P)Oc1cc(C(C)(C)CC)ccc1N1CC(C)OC(C)C1. The van der Waals surface area contributed by atoms with Gasteiger partial charge in [-0.3, -0.25) is 0 Å². The maximum absolute atomic E-state index is 6.28. The van der Waals surface area contributed by atoms with E-state index in [4.69, 9.17) is 9.47 Å². The van der Waals surface area contributed by atoms with E-state index in [0.29, 0.717) is 0 Å². The summed E-state index contributed by atoms with van der Waals surface area (Å²) < 4.78 is 12.2. The summed E-state index contributed by atoms with van der Waals surface area (Å²) in [5.74, 6) is 0.947. The average molecular weight is 367 g/mol. The first-order chi connectivity index (χ1) is 11.0. The zero-order valence-corrected chi connectivity index (χ0v) is 18.2. The molecule has 1 aromatic carbocycles. The van der Waals surface area contributed by atoms with Crippen LogP contribution in [0, 0.1) is 0 Å². The van der Waals surface area contributed by atoms with Crippen molar-refractivity contribution in [1.29, 1.82) is 0 Å². The van der Waals surface area contributed by atoms with Crippen molar-refractivity contribution >= 4 is 32.0 Å². The van der Waals surface area contributed by atoms with E-state index in [-0.39, 0.29) is 22.6 Å². The van der Waals surface area contributed by atoms with Crippen molar-refractivity contribution in [3.8, 4) is 5.75 Å². The Hall–Kier alpha value is -0.295. The molecule has 4 atom stereocenters. The van der Waals surface area contributed by atoms with Crippen LogP contribution < -0.4 is 9.64 Å². The van der Waals surface area contributed by atoms with Crippen LogP contribution >= 0.6 is 18.5 Å². The predicted octanol–water partition coefficient (Wildman–Crippen LogP) is 3.36. The first kappa shape index (κ1) is 20.0. The number of rotatable bonds is 5. The lowest BCUT2D eigenvalue weighted by atomic mass is 9.82. The topological polar surface area (TPSA) is 21.7 Å². The zero-order valence-electron chi connectivity index (χ0n) is 15.9. The second-order valence-electron chi connectivity index (χ2n) is 7.87. The summed E-state index contributed by atoms with van der Waals surface area (Å²) in [4.78, 5) is 2.01. The molecule has 0 aromatic heterocycles. The third-order valence-electron chi connectivity index (χ3n) is 4.72. The molecule has 1 saturated heterocycles. The Labute approximate surface area is 153 Å². The van der Waals surface area contributed by atoms with Gasteiger partial charge in [0.25, 0.3) is 0 Å². The van der Waals surface area contributed by atoms with Gasteiger partial charge in [0.05, 0.1) is 22.9 Å². The molecule has 0 saturated carbocycles. The summed E-state index contributed by atoms with van der Waals surface area (Å²) >= 11 is 0. The molecule has 0 N–H and O–H groups in total. The van der Waals surface area contributed by atoms with Crippen LogP contribution in [0.2, 0.25) is 0 Å². The van der Waals surface area contributed by atoms with Crippen molar-refractivity contribution in [2.75, 3.05) is 18.0 Å². The molecular formula is C18H32BNO2P2. The van der Waals surface area contributed by atoms with Crippen LogP contribution in [0.5, 0.6) is 5.75 Å². The van der Waals surface area contributed by atoms with Crippen molar-refractivity contribution in [2.24, 2.45) is 0 Å². The maximum Gasteiger partial charge on any atom is 0.168 e. The monoisotopic (exact) mass is 367 g/mol. The molecule has 0 aliphatic carbocycles. The van der Waals surface area contributed by atoms with Gasteiger partial charge >= 0.3 is 0 Å². The number of ether oxygens (including phenoxy) is 2. The van der Waals surface area contributed by atoms with E-state index >= 15 is 0 Å². The lowest BCUT2D eigenvalue weighted by Gasteiger charge is -2.38. The van der Waals surface area contributed by atoms with Gasteiger partial charge < -0.3 is 14.4 Å². The predicted molar refractivity (Wildman–Crippen MR) is 113 cm³/mol. The Kier molecular flexibility index (Phi) is 6.28. The van der Waals surface area contributed by atoms with E-state index in [2.05, 4.69) is 76.2 Å². The fourth-order valence-electron chi connectivity index (χ4n) is 3.09. The minimum Gasteiger partial charge on any atom is -0.487 e. The van der Waals surface area contributed by atoms with E-state index in [1.54, 1.807) is 0 Å². The summed E-state index contributed by atoms with van der Waals surface area (Å²) in [5.41, 5.74) is 2.61. The van der Waals surface area contributed by atoms with Crippen LogP contribution in [0.25, 0.3) is 0 Å². The Balaban J connectivity index is 2.42. The van der Waals surface area contributed by atoms with Gasteiger partial charge in [-0.25, -0.2) is 0 Å². The number of hydrogen-bond acceptors (Lipinski definition) is 3. The van der Waals surface area contributed by atoms with E-state index in [1.165, 1.54) is 5.56 Å². The Morgan fingerprint density at radius 3 is 2.33 bits per heavy atom. The first-order valence-electron chi connectivity index (χ1n) is 8.83. The number of benzene rings is 1. The zero-order chi connectivity index (χ0) is 18.1. The van der Waals surface area contributed by atoms with Gasteiger partial charge in [-0.05, 0) is 43.4 Å². The highest BCUT2D eigenvalue weighted by molar-refractivity contribution is 7.43. The van der Waals surface area contributed by atoms with E-state index < -0.39 is 0 Å². The summed E-state index contributed by atoms with van der Waals surface area (Å²) in [6.07, 6.45) is 1.55. The summed E-state index contributed by atoms with van der Waals surface area (Å²) in [7, 11) is 7.53. The maximum atomic E-state index is 6.28. The van der Waals surface area contributed by atoms with Gasteiger partial charge in [0.2, 0.25) is 0 Å². The van der Waals surface area contributed by atoms with Gasteiger partial charge in [-0.1, -0.05) is 45.3 Å². The quantitative estimate of drug-likeness (QED) is 0.589. The fourth-order valence-corrected chi connectivity index (χ4v) is 3.35. The van der Waals surface area contributed by atoms with Gasteiger partial charge in [-0.2, -0.15) is 0 Å². The summed E-state index contributed by atoms with van der Waals surface area (Å²) in [6, 6.07) is 6.68. The highest BCUT2D eigenvalue weighted by atomic mass is 31.1. The highest BCUT2D eigenvalue weighted by Crippen LogP contribution is 2.39. The normalized spacial score (nSPS) is 22.5. The summed E-state index contributed by atoms with van der Waals surface area (Å²) in [5, 5.41) is 0. The van der Waals surface area contributed by atoms with Crippen molar-refractivity contribution in [3.05, 3.63) is 23.8 Å². The number of anilines is 1. The molecular weight excluding hydrogens is 335 g/mol. The first-order valence-corrected chi connectivity index (χ1v) is 9.99. The van der Waals surface area contributed by atoms with Gasteiger partial charge in [-0.15, -0.1) is 0 Å². The fraction of sp³-hybridized carbons (Fsp3) is 0.667. The number of hydrogen-bond donors (Lipinski definition) is 0. The molecule has 6 heteroatoms. The second kappa shape index (κ2) is 7.52. The van der Waals surface area contributed by atoms with Gasteiger partial charge in [0, 0.05) is 13.1 Å². The number of morpholine rings is 1. The molecule has 1 fully saturated rings. The van der Waals surface area contributed by atoms with E-state index in [9.17, 15) is 0 Å². The molecule has 1 heterocycles. The molecule has 0 spiro atoms. The lowest BCUT2D eigenvalue weighted by Crippen LogP contribution is -2.45. The molecule has 134 valence electrons. The lowest BCUT2D eigenvalue weighted by molar-refractivity contribution is -0.00535. The largest absolute Gasteiger partial charge is 0.487 e. The third kappa shape index (κ3) is 5.10. The molecule has 0 bridgehead atoms. The van der Waals surface area contributed by atoms with Crippen LogP contribution in [-0.4, -0.2) is 38.1 Å². The molecule has 3 nitrogen and oxygen atoms in total. The van der Waals surface area contributed by atoms with Crippen molar-refractivity contribution in [1.82, 2.24) is 0 Å². The van der Waals surface area contributed by atoms with Crippen LogP contribution in [0.15, 0.2) is 18.2 Å². The second-order valence-corrected chi connectivity index (χ2v) is 10.8. The van der Waals surface area contributed by atoms with Crippen LogP contribution in [0.4, 0.5) is 5.69 Å². The van der Waals surface area contributed by atoms with Gasteiger partial charge in [0.1, 0.15) is 5.75 Å². The standard InChI is InChI=1S/C18H32BNO2P2/c1-6-17(4,5)14-7-8-15(16(9-14)22-18(19,23)24)20-10-12(2)21-13(3)11-20/h7-9,12-13H,6,10-11,19,23-24H2,1-5H3. The summed E-state index contributed by atoms with van der Waals surface area (Å²) in [6.45, 7) is 12.8. The van der Waals surface area contributed by atoms with E-state index in [0.717, 1.165) is 30.9 Å². The molecule has 1 aliphatic rings. The minimum atomic E-state index is -0.382. The molecule has 1 aliphatic heterocycles. The molecule has 24 heavy (non-hydrogen) atoms. The highest BCUT2D eigenvalue weighted by Gasteiger charge is 2.27. The Morgan fingerprint density at radius 1 is 1.25 bits per heavy atom. The number of nitrogens with zero attached hydrogens (tertiary/aromatic N) is 1. The Bertz CT molecular complexity index is 565. The van der Waals surface area contributed by atoms with E-state index in [1.807, 2.05) is 7.85 Å². The van der Waals surface area contributed by atoms with Crippen molar-refractivity contribution in [3.63, 3.8) is 0 Å². The average Bonchev–Trinajstić information content (AvgIpc) is 2.44. The third-order valence-corrected chi connectivity index (χ3v) is 4.95. The molecule has 0 amide bonds. The Morgan fingerprint density at radius 2 is 1.83 bits per heavy atom. The minimum absolute atomic E-state index is 0.139. The van der Waals surface area contributed by atoms with Gasteiger partial charge in [0.15, 0.2) is 7.85 Å². The molecule has 1 aromatic rings. The van der Waals surface area contributed by atoms with Crippen LogP contribution in [0.3, 0.4) is 0 Å². The smallest absolute Gasteiger partial charge is 0.168 e. The molecule has 4 unspecified atom stereocenters. The molecule has 0 radical (unpaired) electrons.